The summed E-state index contributed by atoms with van der Waals surface area (Å²) in [5.41, 5.74) is 0. The lowest BCUT2D eigenvalue weighted by Crippen LogP contribution is -2.59. The van der Waals surface area contributed by atoms with E-state index >= 15 is 0 Å². The van der Waals surface area contributed by atoms with Crippen LogP contribution in [0.2, 0.25) is 0 Å². The Balaban J connectivity index is 1.52. The highest BCUT2D eigenvalue weighted by atomic mass is 16.2. The minimum Gasteiger partial charge on any atom is -0.342 e. The molecule has 0 aromatic rings. The quantitative estimate of drug-likeness (QED) is 0.798. The zero-order valence-electron chi connectivity index (χ0n) is 14.2. The molecular formula is C18H32N2O. The summed E-state index contributed by atoms with van der Waals surface area (Å²) < 4.78 is 0. The fraction of sp³-hybridized carbons (Fsp3) is 0.944. The largest absolute Gasteiger partial charge is 0.342 e. The number of fused-ring (bicyclic) bond motifs is 2. The average Bonchev–Trinajstić information content (AvgIpc) is 2.46. The molecule has 3 heterocycles. The van der Waals surface area contributed by atoms with Crippen LogP contribution >= 0.6 is 0 Å². The van der Waals surface area contributed by atoms with Crippen molar-refractivity contribution in [1.82, 2.24) is 9.80 Å². The number of likely N-dealkylation sites (tertiary alicyclic amines) is 1. The summed E-state index contributed by atoms with van der Waals surface area (Å²) in [5, 5.41) is 0. The van der Waals surface area contributed by atoms with Crippen molar-refractivity contribution < 1.29 is 4.79 Å². The molecule has 1 amide bonds. The number of carbonyl (C=O) groups is 1. The van der Waals surface area contributed by atoms with Gasteiger partial charge in [0.1, 0.15) is 0 Å². The molecule has 4 fully saturated rings. The van der Waals surface area contributed by atoms with Gasteiger partial charge in [0.05, 0.1) is 0 Å². The van der Waals surface area contributed by atoms with Crippen molar-refractivity contribution in [1.29, 1.82) is 0 Å². The van der Waals surface area contributed by atoms with E-state index in [9.17, 15) is 4.79 Å². The molecule has 3 saturated heterocycles. The summed E-state index contributed by atoms with van der Waals surface area (Å²) in [6.45, 7) is 13.5. The molecule has 0 aromatic carbocycles. The van der Waals surface area contributed by atoms with Crippen molar-refractivity contribution in [3.8, 4) is 0 Å². The molecule has 2 atom stereocenters. The lowest BCUT2D eigenvalue weighted by molar-refractivity contribution is -0.150. The number of hydrogen-bond donors (Lipinski definition) is 0. The van der Waals surface area contributed by atoms with E-state index in [1.807, 2.05) is 0 Å². The fourth-order valence-corrected chi connectivity index (χ4v) is 5.12. The molecule has 2 unspecified atom stereocenters. The highest BCUT2D eigenvalue weighted by molar-refractivity contribution is 5.79. The van der Waals surface area contributed by atoms with Crippen LogP contribution in [0.1, 0.15) is 47.0 Å². The van der Waals surface area contributed by atoms with Gasteiger partial charge in [0.2, 0.25) is 5.91 Å². The molecule has 0 radical (unpaired) electrons. The maximum atomic E-state index is 12.8. The van der Waals surface area contributed by atoms with Crippen LogP contribution in [-0.2, 0) is 4.79 Å². The van der Waals surface area contributed by atoms with Gasteiger partial charge in [-0.3, -0.25) is 4.79 Å². The van der Waals surface area contributed by atoms with E-state index in [1.54, 1.807) is 0 Å². The molecule has 3 aliphatic heterocycles. The second-order valence-electron chi connectivity index (χ2n) is 8.22. The van der Waals surface area contributed by atoms with Crippen LogP contribution in [0.15, 0.2) is 0 Å². The Bertz CT molecular complexity index is 373. The van der Waals surface area contributed by atoms with Gasteiger partial charge in [0, 0.05) is 25.0 Å². The van der Waals surface area contributed by atoms with Gasteiger partial charge < -0.3 is 9.80 Å². The minimum absolute atomic E-state index is 0.301. The van der Waals surface area contributed by atoms with Crippen LogP contribution in [0.3, 0.4) is 0 Å². The molecule has 4 rings (SSSR count). The number of piperidine rings is 3. The Morgan fingerprint density at radius 3 is 2.05 bits per heavy atom. The van der Waals surface area contributed by atoms with Gasteiger partial charge in [-0.15, -0.1) is 0 Å². The summed E-state index contributed by atoms with van der Waals surface area (Å²) in [6, 6.07) is 0.621. The first-order valence-electron chi connectivity index (χ1n) is 9.00. The normalized spacial score (nSPS) is 34.4. The summed E-state index contributed by atoms with van der Waals surface area (Å²) in [4.78, 5) is 17.5. The fourth-order valence-electron chi connectivity index (χ4n) is 5.12. The Kier molecular flexibility index (Phi) is 4.31. The number of carbonyl (C=O) groups excluding carboxylic acids is 1. The summed E-state index contributed by atoms with van der Waals surface area (Å²) in [5.74, 6) is 4.04. The highest BCUT2D eigenvalue weighted by Gasteiger charge is 2.49. The predicted molar refractivity (Wildman–Crippen MR) is 85.9 cm³/mol. The van der Waals surface area contributed by atoms with Crippen LogP contribution in [0.5, 0.6) is 0 Å². The van der Waals surface area contributed by atoms with Crippen molar-refractivity contribution in [3.63, 3.8) is 0 Å². The summed E-state index contributed by atoms with van der Waals surface area (Å²) >= 11 is 0. The maximum absolute atomic E-state index is 12.8. The molecule has 0 aromatic heterocycles. The zero-order valence-corrected chi connectivity index (χ0v) is 14.2. The van der Waals surface area contributed by atoms with Gasteiger partial charge in [0.15, 0.2) is 0 Å². The third kappa shape index (κ3) is 2.86. The van der Waals surface area contributed by atoms with E-state index in [-0.39, 0.29) is 0 Å². The number of rotatable bonds is 3. The third-order valence-corrected chi connectivity index (χ3v) is 6.29. The van der Waals surface area contributed by atoms with Gasteiger partial charge in [-0.25, -0.2) is 0 Å². The molecule has 0 spiro atoms. The minimum atomic E-state index is 0.301. The van der Waals surface area contributed by atoms with Gasteiger partial charge in [-0.2, -0.15) is 0 Å². The van der Waals surface area contributed by atoms with Crippen molar-refractivity contribution in [2.75, 3.05) is 26.2 Å². The van der Waals surface area contributed by atoms with Crippen molar-refractivity contribution in [3.05, 3.63) is 0 Å². The monoisotopic (exact) mass is 292 g/mol. The first-order valence-corrected chi connectivity index (χ1v) is 9.00. The van der Waals surface area contributed by atoms with E-state index < -0.39 is 0 Å². The topological polar surface area (TPSA) is 23.6 Å². The highest BCUT2D eigenvalue weighted by Crippen LogP contribution is 2.49. The van der Waals surface area contributed by atoms with E-state index in [0.717, 1.165) is 62.7 Å². The van der Waals surface area contributed by atoms with Crippen molar-refractivity contribution >= 4 is 5.91 Å². The van der Waals surface area contributed by atoms with Crippen LogP contribution in [0.4, 0.5) is 0 Å². The average molecular weight is 292 g/mol. The first-order chi connectivity index (χ1) is 9.97. The van der Waals surface area contributed by atoms with E-state index in [0.29, 0.717) is 17.9 Å². The SMILES string of the molecule is CC(C)C1C2CC1CN(C(=O)C1CCN(C(C)C)CC1)C2. The van der Waals surface area contributed by atoms with E-state index in [4.69, 9.17) is 0 Å². The van der Waals surface area contributed by atoms with Crippen LogP contribution in [0, 0.1) is 29.6 Å². The van der Waals surface area contributed by atoms with Crippen molar-refractivity contribution in [2.45, 2.75) is 53.0 Å². The van der Waals surface area contributed by atoms with Crippen molar-refractivity contribution in [2.24, 2.45) is 29.6 Å². The Morgan fingerprint density at radius 1 is 1.00 bits per heavy atom. The van der Waals surface area contributed by atoms with Gasteiger partial charge in [-0.1, -0.05) is 13.8 Å². The lowest BCUT2D eigenvalue weighted by Gasteiger charge is -2.56. The van der Waals surface area contributed by atoms with Crippen LogP contribution in [0.25, 0.3) is 0 Å². The summed E-state index contributed by atoms with van der Waals surface area (Å²) in [7, 11) is 0. The molecule has 4 aliphatic rings. The number of amides is 1. The maximum Gasteiger partial charge on any atom is 0.225 e. The Labute approximate surface area is 130 Å². The smallest absolute Gasteiger partial charge is 0.225 e. The molecule has 21 heavy (non-hydrogen) atoms. The van der Waals surface area contributed by atoms with Gasteiger partial charge in [0.25, 0.3) is 0 Å². The molecule has 2 bridgehead atoms. The van der Waals surface area contributed by atoms with Gasteiger partial charge in [-0.05, 0) is 69.9 Å². The standard InChI is InChI=1S/C18H32N2O/c1-12(2)17-15-9-16(17)11-20(10-15)18(21)14-5-7-19(8-6-14)13(3)4/h12-17H,5-11H2,1-4H3. The number of hydrogen-bond acceptors (Lipinski definition) is 2. The predicted octanol–water partition coefficient (Wildman–Crippen LogP) is 2.86. The molecular weight excluding hydrogens is 260 g/mol. The molecule has 0 N–H and O–H groups in total. The lowest BCUT2D eigenvalue weighted by atomic mass is 9.57. The van der Waals surface area contributed by atoms with Gasteiger partial charge >= 0.3 is 0 Å². The van der Waals surface area contributed by atoms with Crippen LogP contribution in [-0.4, -0.2) is 47.9 Å². The Morgan fingerprint density at radius 2 is 1.57 bits per heavy atom. The number of nitrogens with zero attached hydrogens (tertiary/aromatic N) is 2. The van der Waals surface area contributed by atoms with E-state index in [2.05, 4.69) is 37.5 Å². The molecule has 120 valence electrons. The molecule has 1 aliphatic carbocycles. The summed E-state index contributed by atoms with van der Waals surface area (Å²) in [6.07, 6.45) is 3.51. The van der Waals surface area contributed by atoms with E-state index in [1.165, 1.54) is 6.42 Å². The molecule has 3 heteroatoms. The zero-order chi connectivity index (χ0) is 15.1. The Hall–Kier alpha value is -0.570. The molecule has 1 saturated carbocycles. The first kappa shape index (κ1) is 15.3. The third-order valence-electron chi connectivity index (χ3n) is 6.29. The second-order valence-corrected chi connectivity index (χ2v) is 8.22. The second kappa shape index (κ2) is 5.91. The molecule has 3 nitrogen and oxygen atoms in total. The van der Waals surface area contributed by atoms with Crippen LogP contribution < -0.4 is 0 Å².